The highest BCUT2D eigenvalue weighted by molar-refractivity contribution is 5.39. The lowest BCUT2D eigenvalue weighted by molar-refractivity contribution is 0.270. The lowest BCUT2D eigenvalue weighted by atomic mass is 9.89. The van der Waals surface area contributed by atoms with Crippen LogP contribution in [-0.4, -0.2) is 21.7 Å². The Balaban J connectivity index is 1.97. The van der Waals surface area contributed by atoms with E-state index in [-0.39, 0.29) is 5.66 Å². The van der Waals surface area contributed by atoms with Crippen molar-refractivity contribution in [3.63, 3.8) is 0 Å². The van der Waals surface area contributed by atoms with Gasteiger partial charge in [-0.15, -0.1) is 0 Å². The second-order valence-corrected chi connectivity index (χ2v) is 5.26. The molecule has 0 saturated carbocycles. The summed E-state index contributed by atoms with van der Waals surface area (Å²) in [5, 5.41) is 0. The van der Waals surface area contributed by atoms with E-state index in [0.29, 0.717) is 6.04 Å². The third-order valence-electron chi connectivity index (χ3n) is 3.90. The Hall–Kier alpha value is -1.16. The lowest BCUT2D eigenvalue weighted by Gasteiger charge is -2.44. The van der Waals surface area contributed by atoms with Crippen LogP contribution in [0.15, 0.2) is 18.5 Å². The van der Waals surface area contributed by atoms with E-state index in [9.17, 15) is 0 Å². The molecular weight excluding hydrogens is 200 g/mol. The summed E-state index contributed by atoms with van der Waals surface area (Å²) in [7, 11) is 0. The predicted octanol–water partition coefficient (Wildman–Crippen LogP) is 1.53. The van der Waals surface area contributed by atoms with Crippen molar-refractivity contribution in [1.82, 2.24) is 9.97 Å². The van der Waals surface area contributed by atoms with Gasteiger partial charge in [-0.05, 0) is 37.7 Å². The summed E-state index contributed by atoms with van der Waals surface area (Å²) in [5.74, 6) is 1.52. The van der Waals surface area contributed by atoms with E-state index in [0.717, 1.165) is 24.7 Å². The average Bonchev–Trinajstić information content (AvgIpc) is 2.48. The highest BCUT2D eigenvalue weighted by Crippen LogP contribution is 2.44. The van der Waals surface area contributed by atoms with Gasteiger partial charge in [0.1, 0.15) is 0 Å². The van der Waals surface area contributed by atoms with Gasteiger partial charge in [-0.3, -0.25) is 0 Å². The van der Waals surface area contributed by atoms with Gasteiger partial charge >= 0.3 is 0 Å². The fraction of sp³-hybridized carbons (Fsp3) is 0.667. The van der Waals surface area contributed by atoms with Crippen molar-refractivity contribution in [2.45, 2.75) is 44.3 Å². The largest absolute Gasteiger partial charge is 0.320 e. The van der Waals surface area contributed by atoms with Gasteiger partial charge in [0.25, 0.3) is 0 Å². The van der Waals surface area contributed by atoms with Gasteiger partial charge in [-0.2, -0.15) is 0 Å². The summed E-state index contributed by atoms with van der Waals surface area (Å²) in [6.45, 7) is 2.29. The summed E-state index contributed by atoms with van der Waals surface area (Å²) in [6.07, 6.45) is 8.12. The van der Waals surface area contributed by atoms with Crippen molar-refractivity contribution < 1.29 is 0 Å². The van der Waals surface area contributed by atoms with Crippen LogP contribution in [0.4, 0.5) is 5.95 Å². The lowest BCUT2D eigenvalue weighted by Crippen LogP contribution is -2.59. The number of hydrogen-bond acceptors (Lipinski definition) is 4. The molecule has 0 radical (unpaired) electrons. The number of nitrogens with zero attached hydrogens (tertiary/aromatic N) is 3. The van der Waals surface area contributed by atoms with Crippen molar-refractivity contribution in [2.24, 2.45) is 11.7 Å². The zero-order valence-electron chi connectivity index (χ0n) is 9.63. The second kappa shape index (κ2) is 3.42. The molecule has 2 bridgehead atoms. The van der Waals surface area contributed by atoms with Crippen LogP contribution < -0.4 is 10.6 Å². The standard InChI is InChI=1S/C12H18N4/c1-9-7-10-3-4-12(13,8-9)16(10)11-14-5-2-6-15-11/h2,5-6,9-10H,3-4,7-8,13H2,1H3. The van der Waals surface area contributed by atoms with Gasteiger partial charge in [0.15, 0.2) is 0 Å². The Kier molecular flexibility index (Phi) is 2.14. The number of fused-ring (bicyclic) bond motifs is 2. The minimum absolute atomic E-state index is 0.205. The number of aromatic nitrogens is 2. The van der Waals surface area contributed by atoms with E-state index in [1.807, 2.05) is 6.07 Å². The van der Waals surface area contributed by atoms with Gasteiger partial charge in [0.2, 0.25) is 5.95 Å². The minimum Gasteiger partial charge on any atom is -0.320 e. The number of anilines is 1. The Bertz CT molecular complexity index is 380. The molecule has 86 valence electrons. The molecule has 2 saturated heterocycles. The minimum atomic E-state index is -0.205. The fourth-order valence-corrected chi connectivity index (χ4v) is 3.38. The van der Waals surface area contributed by atoms with Crippen LogP contribution in [0, 0.1) is 5.92 Å². The van der Waals surface area contributed by atoms with E-state index in [4.69, 9.17) is 5.73 Å². The van der Waals surface area contributed by atoms with Gasteiger partial charge < -0.3 is 10.6 Å². The molecule has 1 aromatic rings. The average molecular weight is 218 g/mol. The first kappa shape index (κ1) is 10.0. The zero-order valence-corrected chi connectivity index (χ0v) is 9.63. The van der Waals surface area contributed by atoms with Gasteiger partial charge in [-0.25, -0.2) is 9.97 Å². The first-order valence-corrected chi connectivity index (χ1v) is 6.04. The van der Waals surface area contributed by atoms with Crippen LogP contribution in [0.3, 0.4) is 0 Å². The van der Waals surface area contributed by atoms with E-state index >= 15 is 0 Å². The summed E-state index contributed by atoms with van der Waals surface area (Å²) in [5.41, 5.74) is 6.31. The molecule has 3 unspecified atom stereocenters. The summed E-state index contributed by atoms with van der Waals surface area (Å²) in [4.78, 5) is 11.0. The molecule has 2 aliphatic rings. The maximum atomic E-state index is 6.51. The third kappa shape index (κ3) is 1.40. The van der Waals surface area contributed by atoms with E-state index < -0.39 is 0 Å². The monoisotopic (exact) mass is 218 g/mol. The number of rotatable bonds is 1. The van der Waals surface area contributed by atoms with Crippen LogP contribution in [0.5, 0.6) is 0 Å². The topological polar surface area (TPSA) is 55.0 Å². The normalized spacial score (nSPS) is 37.8. The number of hydrogen-bond donors (Lipinski definition) is 1. The molecule has 3 rings (SSSR count). The maximum Gasteiger partial charge on any atom is 0.226 e. The van der Waals surface area contributed by atoms with Crippen molar-refractivity contribution in [2.75, 3.05) is 4.90 Å². The highest BCUT2D eigenvalue weighted by atomic mass is 15.4. The Morgan fingerprint density at radius 1 is 1.44 bits per heavy atom. The molecule has 2 N–H and O–H groups in total. The van der Waals surface area contributed by atoms with Crippen LogP contribution in [0.1, 0.15) is 32.6 Å². The quantitative estimate of drug-likeness (QED) is 0.776. The zero-order chi connectivity index (χ0) is 11.2. The van der Waals surface area contributed by atoms with Gasteiger partial charge in [0.05, 0.1) is 5.66 Å². The second-order valence-electron chi connectivity index (χ2n) is 5.26. The van der Waals surface area contributed by atoms with Gasteiger partial charge in [0, 0.05) is 18.4 Å². The molecule has 2 aliphatic heterocycles. The molecular formula is C12H18N4. The molecule has 0 aliphatic carbocycles. The van der Waals surface area contributed by atoms with Crippen LogP contribution in [0.25, 0.3) is 0 Å². The summed E-state index contributed by atoms with van der Waals surface area (Å²) in [6, 6.07) is 2.39. The fourth-order valence-electron chi connectivity index (χ4n) is 3.38. The van der Waals surface area contributed by atoms with Crippen molar-refractivity contribution in [3.8, 4) is 0 Å². The molecule has 2 fully saturated rings. The number of nitrogens with two attached hydrogens (primary N) is 1. The molecule has 0 aromatic carbocycles. The molecule has 0 amide bonds. The molecule has 16 heavy (non-hydrogen) atoms. The van der Waals surface area contributed by atoms with Crippen molar-refractivity contribution >= 4 is 5.95 Å². The van der Waals surface area contributed by atoms with E-state index in [1.54, 1.807) is 12.4 Å². The first-order valence-electron chi connectivity index (χ1n) is 6.04. The van der Waals surface area contributed by atoms with Crippen molar-refractivity contribution in [1.29, 1.82) is 0 Å². The van der Waals surface area contributed by atoms with Crippen molar-refractivity contribution in [3.05, 3.63) is 18.5 Å². The Labute approximate surface area is 95.9 Å². The van der Waals surface area contributed by atoms with E-state index in [2.05, 4.69) is 21.8 Å². The molecule has 3 heterocycles. The van der Waals surface area contributed by atoms with E-state index in [1.165, 1.54) is 12.8 Å². The first-order chi connectivity index (χ1) is 7.69. The Morgan fingerprint density at radius 3 is 2.88 bits per heavy atom. The highest BCUT2D eigenvalue weighted by Gasteiger charge is 2.49. The third-order valence-corrected chi connectivity index (χ3v) is 3.90. The number of piperidine rings is 1. The van der Waals surface area contributed by atoms with Gasteiger partial charge in [-0.1, -0.05) is 6.92 Å². The molecule has 4 nitrogen and oxygen atoms in total. The molecule has 1 aromatic heterocycles. The molecule has 0 spiro atoms. The van der Waals surface area contributed by atoms with Crippen LogP contribution >= 0.6 is 0 Å². The SMILES string of the molecule is CC1CC2CCC(N)(C1)N2c1ncccn1. The maximum absolute atomic E-state index is 6.51. The smallest absolute Gasteiger partial charge is 0.226 e. The molecule has 4 heteroatoms. The summed E-state index contributed by atoms with van der Waals surface area (Å²) >= 11 is 0. The predicted molar refractivity (Wildman–Crippen MR) is 62.8 cm³/mol. The summed E-state index contributed by atoms with van der Waals surface area (Å²) < 4.78 is 0. The molecule has 3 atom stereocenters. The van der Waals surface area contributed by atoms with Crippen LogP contribution in [-0.2, 0) is 0 Å². The Morgan fingerprint density at radius 2 is 2.19 bits per heavy atom. The van der Waals surface area contributed by atoms with Crippen LogP contribution in [0.2, 0.25) is 0 Å².